The third-order valence-corrected chi connectivity index (χ3v) is 3.32. The number of halogens is 1. The van der Waals surface area contributed by atoms with Gasteiger partial charge in [0.15, 0.2) is 5.78 Å². The van der Waals surface area contributed by atoms with E-state index in [4.69, 9.17) is 11.6 Å². The summed E-state index contributed by atoms with van der Waals surface area (Å²) in [6.45, 7) is 4.59. The quantitative estimate of drug-likeness (QED) is 0.687. The molecule has 0 unspecified atom stereocenters. The molecule has 0 radical (unpaired) electrons. The third-order valence-electron chi connectivity index (χ3n) is 3.07. The highest BCUT2D eigenvalue weighted by Gasteiger charge is 2.22. The summed E-state index contributed by atoms with van der Waals surface area (Å²) in [5, 5.41) is 10.5. The van der Waals surface area contributed by atoms with Crippen molar-refractivity contribution in [3.63, 3.8) is 0 Å². The first kappa shape index (κ1) is 15.8. The van der Waals surface area contributed by atoms with Gasteiger partial charge in [-0.05, 0) is 31.2 Å². The standard InChI is InChI=1S/C15H13ClN2O4/c1-3-8-17-13(20)12(9(2)19)14(21)18(15(17)22)11-6-4-10(16)5-7-11/h3-7,20H,1,8H2,2H3. The van der Waals surface area contributed by atoms with Gasteiger partial charge in [0.1, 0.15) is 5.56 Å². The van der Waals surface area contributed by atoms with E-state index >= 15 is 0 Å². The molecule has 1 heterocycles. The molecule has 6 nitrogen and oxygen atoms in total. The molecular formula is C15H13ClN2O4. The molecule has 0 aliphatic heterocycles. The fourth-order valence-corrected chi connectivity index (χ4v) is 2.19. The molecule has 0 aliphatic rings. The maximum atomic E-state index is 12.4. The topological polar surface area (TPSA) is 81.3 Å². The molecule has 2 rings (SSSR count). The van der Waals surface area contributed by atoms with Crippen molar-refractivity contribution < 1.29 is 9.90 Å². The van der Waals surface area contributed by atoms with E-state index in [-0.39, 0.29) is 12.2 Å². The average Bonchev–Trinajstić information content (AvgIpc) is 2.45. The minimum atomic E-state index is -0.877. The molecule has 0 saturated carbocycles. The largest absolute Gasteiger partial charge is 0.494 e. The van der Waals surface area contributed by atoms with Crippen LogP contribution >= 0.6 is 11.6 Å². The van der Waals surface area contributed by atoms with Crippen molar-refractivity contribution in [3.05, 3.63) is 68.3 Å². The van der Waals surface area contributed by atoms with Crippen LogP contribution in [0.15, 0.2) is 46.5 Å². The predicted molar refractivity (Wildman–Crippen MR) is 83.2 cm³/mol. The normalized spacial score (nSPS) is 10.5. The van der Waals surface area contributed by atoms with Crippen LogP contribution in [-0.4, -0.2) is 20.0 Å². The molecular weight excluding hydrogens is 308 g/mol. The highest BCUT2D eigenvalue weighted by Crippen LogP contribution is 2.15. The van der Waals surface area contributed by atoms with Gasteiger partial charge < -0.3 is 5.11 Å². The highest BCUT2D eigenvalue weighted by atomic mass is 35.5. The highest BCUT2D eigenvalue weighted by molar-refractivity contribution is 6.30. The molecule has 0 atom stereocenters. The van der Waals surface area contributed by atoms with Gasteiger partial charge in [0.2, 0.25) is 5.88 Å². The Hall–Kier alpha value is -2.60. The van der Waals surface area contributed by atoms with E-state index in [9.17, 15) is 19.5 Å². The zero-order chi connectivity index (χ0) is 16.4. The van der Waals surface area contributed by atoms with Gasteiger partial charge in [0.25, 0.3) is 5.56 Å². The molecule has 7 heteroatoms. The van der Waals surface area contributed by atoms with Crippen molar-refractivity contribution in [2.45, 2.75) is 13.5 Å². The number of carbonyl (C=O) groups is 1. The number of ketones is 1. The van der Waals surface area contributed by atoms with Crippen molar-refractivity contribution in [2.75, 3.05) is 0 Å². The Morgan fingerprint density at radius 2 is 1.91 bits per heavy atom. The molecule has 0 saturated heterocycles. The molecule has 0 fully saturated rings. The van der Waals surface area contributed by atoms with Gasteiger partial charge in [-0.25, -0.2) is 9.36 Å². The molecule has 0 bridgehead atoms. The van der Waals surface area contributed by atoms with Crippen molar-refractivity contribution in [1.82, 2.24) is 9.13 Å². The van der Waals surface area contributed by atoms with Crippen LogP contribution in [0.5, 0.6) is 5.88 Å². The van der Waals surface area contributed by atoms with Gasteiger partial charge >= 0.3 is 5.69 Å². The molecule has 114 valence electrons. The second kappa shape index (κ2) is 6.03. The first-order chi connectivity index (χ1) is 10.4. The van der Waals surface area contributed by atoms with Crippen LogP contribution in [-0.2, 0) is 6.54 Å². The zero-order valence-electron chi connectivity index (χ0n) is 11.7. The summed E-state index contributed by atoms with van der Waals surface area (Å²) < 4.78 is 1.72. The Kier molecular flexibility index (Phi) is 4.32. The summed E-state index contributed by atoms with van der Waals surface area (Å²) in [4.78, 5) is 36.5. The number of hydrogen-bond acceptors (Lipinski definition) is 4. The molecule has 0 amide bonds. The van der Waals surface area contributed by atoms with Gasteiger partial charge in [0.05, 0.1) is 5.69 Å². The number of aromatic hydroxyl groups is 1. The first-order valence-corrected chi connectivity index (χ1v) is 6.73. The lowest BCUT2D eigenvalue weighted by Gasteiger charge is -2.13. The van der Waals surface area contributed by atoms with Crippen molar-refractivity contribution >= 4 is 17.4 Å². The summed E-state index contributed by atoms with van der Waals surface area (Å²) in [5.74, 6) is -1.30. The maximum Gasteiger partial charge on any atom is 0.338 e. The van der Waals surface area contributed by atoms with Crippen LogP contribution in [0.1, 0.15) is 17.3 Å². The number of rotatable bonds is 4. The van der Waals surface area contributed by atoms with E-state index in [2.05, 4.69) is 6.58 Å². The number of nitrogens with zero attached hydrogens (tertiary/aromatic N) is 2. The van der Waals surface area contributed by atoms with Crippen LogP contribution < -0.4 is 11.2 Å². The fraction of sp³-hybridized carbons (Fsp3) is 0.133. The number of carbonyl (C=O) groups excluding carboxylic acids is 1. The summed E-state index contributed by atoms with van der Waals surface area (Å²) in [5.41, 5.74) is -1.84. The second-order valence-corrected chi connectivity index (χ2v) is 4.99. The van der Waals surface area contributed by atoms with E-state index in [1.165, 1.54) is 30.3 Å². The molecule has 1 aromatic heterocycles. The SMILES string of the molecule is C=CCn1c(O)c(C(C)=O)c(=O)n(-c2ccc(Cl)cc2)c1=O. The average molecular weight is 321 g/mol. The summed E-state index contributed by atoms with van der Waals surface area (Å²) in [7, 11) is 0. The van der Waals surface area contributed by atoms with Crippen LogP contribution in [0.3, 0.4) is 0 Å². The Morgan fingerprint density at radius 1 is 1.32 bits per heavy atom. The van der Waals surface area contributed by atoms with Gasteiger partial charge in [-0.3, -0.25) is 14.2 Å². The van der Waals surface area contributed by atoms with Gasteiger partial charge in [-0.1, -0.05) is 17.7 Å². The Morgan fingerprint density at radius 3 is 2.41 bits per heavy atom. The lowest BCUT2D eigenvalue weighted by molar-refractivity contribution is 0.101. The molecule has 1 aromatic carbocycles. The molecule has 2 aromatic rings. The number of allylic oxidation sites excluding steroid dienone is 1. The van der Waals surface area contributed by atoms with Crippen LogP contribution in [0.25, 0.3) is 5.69 Å². The monoisotopic (exact) mass is 320 g/mol. The molecule has 22 heavy (non-hydrogen) atoms. The number of hydrogen-bond donors (Lipinski definition) is 1. The van der Waals surface area contributed by atoms with Gasteiger partial charge in [-0.15, -0.1) is 6.58 Å². The van der Waals surface area contributed by atoms with Crippen LogP contribution in [0.2, 0.25) is 5.02 Å². The molecule has 1 N–H and O–H groups in total. The van der Waals surface area contributed by atoms with E-state index in [1.54, 1.807) is 0 Å². The van der Waals surface area contributed by atoms with Crippen LogP contribution in [0.4, 0.5) is 0 Å². The minimum Gasteiger partial charge on any atom is -0.494 e. The summed E-state index contributed by atoms with van der Waals surface area (Å²) in [6.07, 6.45) is 1.38. The van der Waals surface area contributed by atoms with E-state index in [0.29, 0.717) is 5.02 Å². The van der Waals surface area contributed by atoms with E-state index in [0.717, 1.165) is 16.1 Å². The molecule has 0 spiro atoms. The first-order valence-electron chi connectivity index (χ1n) is 6.35. The second-order valence-electron chi connectivity index (χ2n) is 4.55. The Labute approximate surface area is 130 Å². The fourth-order valence-electron chi connectivity index (χ4n) is 2.06. The number of Topliss-reactive ketones (excluding diaryl/α,β-unsaturated/α-hetero) is 1. The Bertz CT molecular complexity index is 863. The lowest BCUT2D eigenvalue weighted by atomic mass is 10.2. The van der Waals surface area contributed by atoms with Gasteiger partial charge in [-0.2, -0.15) is 0 Å². The van der Waals surface area contributed by atoms with E-state index in [1.807, 2.05) is 0 Å². The van der Waals surface area contributed by atoms with E-state index < -0.39 is 28.5 Å². The smallest absolute Gasteiger partial charge is 0.338 e. The summed E-state index contributed by atoms with van der Waals surface area (Å²) in [6, 6.07) is 5.98. The third kappa shape index (κ3) is 2.60. The lowest BCUT2D eigenvalue weighted by Crippen LogP contribution is -2.41. The Balaban J connectivity index is 2.92. The molecule has 0 aliphatic carbocycles. The minimum absolute atomic E-state index is 0.0428. The van der Waals surface area contributed by atoms with Crippen molar-refractivity contribution in [1.29, 1.82) is 0 Å². The van der Waals surface area contributed by atoms with Crippen molar-refractivity contribution in [2.24, 2.45) is 0 Å². The van der Waals surface area contributed by atoms with Crippen LogP contribution in [0, 0.1) is 0 Å². The summed E-state index contributed by atoms with van der Waals surface area (Å²) >= 11 is 5.79. The van der Waals surface area contributed by atoms with Gasteiger partial charge in [0, 0.05) is 11.6 Å². The number of aromatic nitrogens is 2. The van der Waals surface area contributed by atoms with Crippen molar-refractivity contribution in [3.8, 4) is 11.6 Å². The maximum absolute atomic E-state index is 12.4. The zero-order valence-corrected chi connectivity index (χ0v) is 12.5. The predicted octanol–water partition coefficient (Wildman–Crippen LogP) is 1.75. The number of benzene rings is 1.